The van der Waals surface area contributed by atoms with Crippen molar-refractivity contribution in [1.29, 1.82) is 0 Å². The number of hydrogen-bond donors (Lipinski definition) is 1. The SMILES string of the molecule is C[C@H](C(=O)NCC1CCCCC1)N1CCN(c2ccc(F)cc2)CC1. The van der Waals surface area contributed by atoms with Crippen molar-refractivity contribution in [2.75, 3.05) is 37.6 Å². The lowest BCUT2D eigenvalue weighted by Crippen LogP contribution is -2.54. The molecule has 1 amide bonds. The molecule has 1 saturated heterocycles. The minimum Gasteiger partial charge on any atom is -0.369 e. The van der Waals surface area contributed by atoms with E-state index in [1.165, 1.54) is 44.2 Å². The van der Waals surface area contributed by atoms with Crippen molar-refractivity contribution in [2.24, 2.45) is 5.92 Å². The van der Waals surface area contributed by atoms with Crippen molar-refractivity contribution in [3.8, 4) is 0 Å². The molecule has 0 bridgehead atoms. The van der Waals surface area contributed by atoms with Crippen LogP contribution in [0.15, 0.2) is 24.3 Å². The minimum absolute atomic E-state index is 0.0843. The van der Waals surface area contributed by atoms with Gasteiger partial charge in [-0.1, -0.05) is 19.3 Å². The standard InChI is InChI=1S/C20H30FN3O/c1-16(20(25)22-15-17-5-3-2-4-6-17)23-11-13-24(14-12-23)19-9-7-18(21)8-10-19/h7-10,16-17H,2-6,11-15H2,1H3,(H,22,25)/t16-/m1/s1. The molecule has 25 heavy (non-hydrogen) atoms. The minimum atomic E-state index is -0.203. The molecule has 138 valence electrons. The maximum atomic E-state index is 13.0. The summed E-state index contributed by atoms with van der Waals surface area (Å²) in [7, 11) is 0. The van der Waals surface area contributed by atoms with Crippen LogP contribution in [0.1, 0.15) is 39.0 Å². The van der Waals surface area contributed by atoms with Gasteiger partial charge in [-0.05, 0) is 49.9 Å². The van der Waals surface area contributed by atoms with Gasteiger partial charge in [0.15, 0.2) is 0 Å². The Morgan fingerprint density at radius 1 is 1.12 bits per heavy atom. The fraction of sp³-hybridized carbons (Fsp3) is 0.650. The Bertz CT molecular complexity index is 549. The van der Waals surface area contributed by atoms with E-state index in [9.17, 15) is 9.18 Å². The Morgan fingerprint density at radius 3 is 2.40 bits per heavy atom. The zero-order chi connectivity index (χ0) is 17.6. The monoisotopic (exact) mass is 347 g/mol. The van der Waals surface area contributed by atoms with Crippen molar-refractivity contribution in [3.05, 3.63) is 30.1 Å². The summed E-state index contributed by atoms with van der Waals surface area (Å²) in [6.45, 7) is 6.28. The van der Waals surface area contributed by atoms with E-state index in [4.69, 9.17) is 0 Å². The van der Waals surface area contributed by atoms with E-state index in [1.807, 2.05) is 19.1 Å². The van der Waals surface area contributed by atoms with Gasteiger partial charge in [-0.15, -0.1) is 0 Å². The van der Waals surface area contributed by atoms with Crippen LogP contribution in [0, 0.1) is 11.7 Å². The number of carbonyl (C=O) groups excluding carboxylic acids is 1. The molecule has 0 aromatic heterocycles. The number of halogens is 1. The Morgan fingerprint density at radius 2 is 1.76 bits per heavy atom. The third-order valence-electron chi connectivity index (χ3n) is 5.72. The van der Waals surface area contributed by atoms with Crippen LogP contribution in [0.2, 0.25) is 0 Å². The van der Waals surface area contributed by atoms with Crippen LogP contribution in [0.3, 0.4) is 0 Å². The lowest BCUT2D eigenvalue weighted by Gasteiger charge is -2.38. The van der Waals surface area contributed by atoms with Crippen LogP contribution in [-0.4, -0.2) is 49.6 Å². The molecule has 1 aromatic carbocycles. The summed E-state index contributed by atoms with van der Waals surface area (Å²) in [5, 5.41) is 3.16. The highest BCUT2D eigenvalue weighted by molar-refractivity contribution is 5.81. The first-order valence-corrected chi connectivity index (χ1v) is 9.66. The van der Waals surface area contributed by atoms with Crippen molar-refractivity contribution in [2.45, 2.75) is 45.1 Å². The molecule has 0 radical (unpaired) electrons. The first-order valence-electron chi connectivity index (χ1n) is 9.66. The topological polar surface area (TPSA) is 35.6 Å². The first kappa shape index (κ1) is 18.2. The zero-order valence-electron chi connectivity index (χ0n) is 15.2. The number of rotatable bonds is 5. The lowest BCUT2D eigenvalue weighted by atomic mass is 9.89. The van der Waals surface area contributed by atoms with Gasteiger partial charge in [0.05, 0.1) is 6.04 Å². The average molecular weight is 347 g/mol. The fourth-order valence-electron chi connectivity index (χ4n) is 3.97. The summed E-state index contributed by atoms with van der Waals surface area (Å²) in [4.78, 5) is 17.0. The van der Waals surface area contributed by atoms with Gasteiger partial charge in [-0.2, -0.15) is 0 Å². The number of anilines is 1. The molecule has 0 spiro atoms. The van der Waals surface area contributed by atoms with Crippen LogP contribution >= 0.6 is 0 Å². The molecular formula is C20H30FN3O. The highest BCUT2D eigenvalue weighted by atomic mass is 19.1. The van der Waals surface area contributed by atoms with Gasteiger partial charge in [0, 0.05) is 38.4 Å². The molecule has 1 aliphatic carbocycles. The largest absolute Gasteiger partial charge is 0.369 e. The molecule has 1 atom stereocenters. The molecule has 1 heterocycles. The second-order valence-electron chi connectivity index (χ2n) is 7.42. The highest BCUT2D eigenvalue weighted by Gasteiger charge is 2.26. The molecular weight excluding hydrogens is 317 g/mol. The lowest BCUT2D eigenvalue weighted by molar-refractivity contribution is -0.126. The van der Waals surface area contributed by atoms with E-state index < -0.39 is 0 Å². The fourth-order valence-corrected chi connectivity index (χ4v) is 3.97. The summed E-state index contributed by atoms with van der Waals surface area (Å²) < 4.78 is 13.0. The van der Waals surface area contributed by atoms with Gasteiger partial charge in [0.1, 0.15) is 5.82 Å². The quantitative estimate of drug-likeness (QED) is 0.889. The van der Waals surface area contributed by atoms with E-state index in [1.54, 1.807) is 0 Å². The van der Waals surface area contributed by atoms with Crippen molar-refractivity contribution in [3.63, 3.8) is 0 Å². The zero-order valence-corrected chi connectivity index (χ0v) is 15.2. The predicted molar refractivity (Wildman–Crippen MR) is 99.2 cm³/mol. The Balaban J connectivity index is 1.43. The van der Waals surface area contributed by atoms with Crippen molar-refractivity contribution >= 4 is 11.6 Å². The molecule has 5 heteroatoms. The van der Waals surface area contributed by atoms with E-state index in [-0.39, 0.29) is 17.8 Å². The molecule has 1 saturated carbocycles. The molecule has 2 fully saturated rings. The van der Waals surface area contributed by atoms with Gasteiger partial charge in [0.2, 0.25) is 5.91 Å². The van der Waals surface area contributed by atoms with E-state index >= 15 is 0 Å². The third-order valence-corrected chi connectivity index (χ3v) is 5.72. The van der Waals surface area contributed by atoms with E-state index in [0.29, 0.717) is 5.92 Å². The molecule has 3 rings (SSSR count). The second-order valence-corrected chi connectivity index (χ2v) is 7.42. The van der Waals surface area contributed by atoms with Crippen LogP contribution in [0.5, 0.6) is 0 Å². The summed E-state index contributed by atoms with van der Waals surface area (Å²) >= 11 is 0. The van der Waals surface area contributed by atoms with Crippen LogP contribution < -0.4 is 10.2 Å². The summed E-state index contributed by atoms with van der Waals surface area (Å²) in [5.74, 6) is 0.617. The average Bonchev–Trinajstić information content (AvgIpc) is 2.67. The van der Waals surface area contributed by atoms with Crippen LogP contribution in [0.4, 0.5) is 10.1 Å². The third kappa shape index (κ3) is 4.94. The van der Waals surface area contributed by atoms with E-state index in [2.05, 4.69) is 15.1 Å². The Kier molecular flexibility index (Phi) is 6.29. The van der Waals surface area contributed by atoms with Gasteiger partial charge in [-0.25, -0.2) is 4.39 Å². The number of carbonyl (C=O) groups is 1. The van der Waals surface area contributed by atoms with Gasteiger partial charge in [0.25, 0.3) is 0 Å². The number of benzene rings is 1. The predicted octanol–water partition coefficient (Wildman–Crippen LogP) is 3.03. The summed E-state index contributed by atoms with van der Waals surface area (Å²) in [5.41, 5.74) is 1.05. The number of amides is 1. The Labute approximate surface area is 150 Å². The normalized spacial score (nSPS) is 21.1. The number of piperazine rings is 1. The molecule has 1 aliphatic heterocycles. The maximum absolute atomic E-state index is 13.0. The number of nitrogens with one attached hydrogen (secondary N) is 1. The molecule has 1 N–H and O–H groups in total. The molecule has 1 aromatic rings. The smallest absolute Gasteiger partial charge is 0.237 e. The highest BCUT2D eigenvalue weighted by Crippen LogP contribution is 2.23. The van der Waals surface area contributed by atoms with Crippen LogP contribution in [-0.2, 0) is 4.79 Å². The molecule has 0 unspecified atom stereocenters. The van der Waals surface area contributed by atoms with Gasteiger partial charge in [-0.3, -0.25) is 9.69 Å². The second kappa shape index (κ2) is 8.65. The molecule has 4 nitrogen and oxygen atoms in total. The van der Waals surface area contributed by atoms with Crippen LogP contribution in [0.25, 0.3) is 0 Å². The summed E-state index contributed by atoms with van der Waals surface area (Å²) in [6, 6.07) is 6.57. The van der Waals surface area contributed by atoms with Crippen molar-refractivity contribution < 1.29 is 9.18 Å². The summed E-state index contributed by atoms with van der Waals surface area (Å²) in [6.07, 6.45) is 6.47. The van der Waals surface area contributed by atoms with E-state index in [0.717, 1.165) is 38.4 Å². The number of hydrogen-bond acceptors (Lipinski definition) is 3. The maximum Gasteiger partial charge on any atom is 0.237 e. The van der Waals surface area contributed by atoms with Crippen molar-refractivity contribution in [1.82, 2.24) is 10.2 Å². The van der Waals surface area contributed by atoms with Gasteiger partial charge >= 0.3 is 0 Å². The number of nitrogens with zero attached hydrogens (tertiary/aromatic N) is 2. The van der Waals surface area contributed by atoms with Gasteiger partial charge < -0.3 is 10.2 Å². The Hall–Kier alpha value is -1.62. The first-order chi connectivity index (χ1) is 12.1. The molecule has 2 aliphatic rings.